The number of halogens is 1. The predicted octanol–water partition coefficient (Wildman–Crippen LogP) is 4.16. The van der Waals surface area contributed by atoms with Gasteiger partial charge in [0, 0.05) is 27.2 Å². The van der Waals surface area contributed by atoms with E-state index >= 15 is 0 Å². The molecule has 0 amide bonds. The van der Waals surface area contributed by atoms with Crippen LogP contribution in [0.5, 0.6) is 5.88 Å². The van der Waals surface area contributed by atoms with Crippen LogP contribution in [-0.2, 0) is 6.61 Å². The fourth-order valence-corrected chi connectivity index (χ4v) is 2.37. The largest absolute Gasteiger partial charge is 0.473 e. The molecular weight excluding hydrogens is 316 g/mol. The van der Waals surface area contributed by atoms with Crippen molar-refractivity contribution in [3.63, 3.8) is 0 Å². The third-order valence-corrected chi connectivity index (χ3v) is 3.79. The lowest BCUT2D eigenvalue weighted by Crippen LogP contribution is -1.98. The first-order valence-electron chi connectivity index (χ1n) is 6.25. The molecule has 20 heavy (non-hydrogen) atoms. The van der Waals surface area contributed by atoms with E-state index in [0.717, 1.165) is 26.6 Å². The van der Waals surface area contributed by atoms with E-state index in [4.69, 9.17) is 10.5 Å². The molecule has 1 aromatic heterocycles. The first-order valence-corrected chi connectivity index (χ1v) is 7.04. The number of aromatic nitrogens is 1. The smallest absolute Gasteiger partial charge is 0.214 e. The summed E-state index contributed by atoms with van der Waals surface area (Å²) in [7, 11) is 0. The summed E-state index contributed by atoms with van der Waals surface area (Å²) in [6, 6.07) is 17.4. The molecule has 0 unspecified atom stereocenters. The van der Waals surface area contributed by atoms with E-state index in [-0.39, 0.29) is 0 Å². The summed E-state index contributed by atoms with van der Waals surface area (Å²) in [5.41, 5.74) is 8.45. The van der Waals surface area contributed by atoms with E-state index in [9.17, 15) is 0 Å². The van der Waals surface area contributed by atoms with E-state index in [0.29, 0.717) is 12.5 Å². The molecule has 0 saturated heterocycles. The fraction of sp³-hybridized carbons (Fsp3) is 0.0625. The molecule has 0 atom stereocenters. The van der Waals surface area contributed by atoms with Crippen LogP contribution in [0.25, 0.3) is 10.9 Å². The number of nitrogens with zero attached hydrogens (tertiary/aromatic N) is 1. The molecule has 0 radical (unpaired) electrons. The molecule has 100 valence electrons. The van der Waals surface area contributed by atoms with Gasteiger partial charge in [0.2, 0.25) is 5.88 Å². The Bertz CT molecular complexity index is 758. The SMILES string of the molecule is Nc1ccc2nc(OCc3ccccc3Br)ccc2c1. The standard InChI is InChI=1S/C16H13BrN2O/c17-14-4-2-1-3-12(14)10-20-16-8-5-11-9-13(18)6-7-15(11)19-16/h1-9H,10,18H2. The topological polar surface area (TPSA) is 48.1 Å². The van der Waals surface area contributed by atoms with Gasteiger partial charge in [0.1, 0.15) is 6.61 Å². The van der Waals surface area contributed by atoms with Crippen molar-refractivity contribution in [3.8, 4) is 5.88 Å². The number of nitrogen functional groups attached to an aromatic ring is 1. The fourth-order valence-electron chi connectivity index (χ4n) is 1.97. The number of rotatable bonds is 3. The summed E-state index contributed by atoms with van der Waals surface area (Å²) in [5, 5.41) is 1.01. The van der Waals surface area contributed by atoms with Gasteiger partial charge < -0.3 is 10.5 Å². The van der Waals surface area contributed by atoms with Crippen LogP contribution < -0.4 is 10.5 Å². The van der Waals surface area contributed by atoms with Crippen LogP contribution in [0.1, 0.15) is 5.56 Å². The minimum atomic E-state index is 0.481. The van der Waals surface area contributed by atoms with Crippen molar-refractivity contribution in [2.45, 2.75) is 6.61 Å². The molecule has 0 aliphatic rings. The summed E-state index contributed by atoms with van der Waals surface area (Å²) in [6.45, 7) is 0.481. The highest BCUT2D eigenvalue weighted by Crippen LogP contribution is 2.21. The van der Waals surface area contributed by atoms with Gasteiger partial charge in [-0.1, -0.05) is 34.1 Å². The van der Waals surface area contributed by atoms with Crippen LogP contribution in [0.4, 0.5) is 5.69 Å². The molecule has 3 aromatic rings. The van der Waals surface area contributed by atoms with Gasteiger partial charge in [-0.2, -0.15) is 0 Å². The second kappa shape index (κ2) is 5.51. The Morgan fingerprint density at radius 3 is 2.75 bits per heavy atom. The maximum Gasteiger partial charge on any atom is 0.214 e. The van der Waals surface area contributed by atoms with E-state index < -0.39 is 0 Å². The Morgan fingerprint density at radius 2 is 1.90 bits per heavy atom. The van der Waals surface area contributed by atoms with E-state index in [1.54, 1.807) is 0 Å². The van der Waals surface area contributed by atoms with Crippen molar-refractivity contribution >= 4 is 32.5 Å². The minimum Gasteiger partial charge on any atom is -0.473 e. The Hall–Kier alpha value is -2.07. The maximum absolute atomic E-state index is 5.75. The number of nitrogens with two attached hydrogens (primary N) is 1. The van der Waals surface area contributed by atoms with E-state index in [2.05, 4.69) is 20.9 Å². The molecule has 4 heteroatoms. The molecule has 0 aliphatic carbocycles. The molecule has 1 heterocycles. The summed E-state index contributed by atoms with van der Waals surface area (Å²) in [4.78, 5) is 4.47. The highest BCUT2D eigenvalue weighted by molar-refractivity contribution is 9.10. The van der Waals surface area contributed by atoms with Crippen LogP contribution in [0.3, 0.4) is 0 Å². The van der Waals surface area contributed by atoms with Crippen molar-refractivity contribution in [2.75, 3.05) is 5.73 Å². The van der Waals surface area contributed by atoms with Crippen LogP contribution >= 0.6 is 15.9 Å². The van der Waals surface area contributed by atoms with E-state index in [1.165, 1.54) is 0 Å². The number of hydrogen-bond donors (Lipinski definition) is 1. The molecule has 2 aromatic carbocycles. The molecule has 3 rings (SSSR count). The van der Waals surface area contributed by atoms with Gasteiger partial charge in [0.15, 0.2) is 0 Å². The highest BCUT2D eigenvalue weighted by Gasteiger charge is 2.02. The van der Waals surface area contributed by atoms with Gasteiger partial charge in [-0.05, 0) is 30.3 Å². The lowest BCUT2D eigenvalue weighted by Gasteiger charge is -2.08. The van der Waals surface area contributed by atoms with Gasteiger partial charge in [0.25, 0.3) is 0 Å². The number of pyridine rings is 1. The second-order valence-electron chi connectivity index (χ2n) is 4.48. The molecule has 0 bridgehead atoms. The van der Waals surface area contributed by atoms with Crippen molar-refractivity contribution in [3.05, 3.63) is 64.6 Å². The molecule has 3 nitrogen and oxygen atoms in total. The van der Waals surface area contributed by atoms with Gasteiger partial charge >= 0.3 is 0 Å². The monoisotopic (exact) mass is 328 g/mol. The lowest BCUT2D eigenvalue weighted by molar-refractivity contribution is 0.294. The van der Waals surface area contributed by atoms with Crippen LogP contribution in [0.2, 0.25) is 0 Å². The highest BCUT2D eigenvalue weighted by atomic mass is 79.9. The zero-order valence-electron chi connectivity index (χ0n) is 10.7. The summed E-state index contributed by atoms with van der Waals surface area (Å²) in [5.74, 6) is 0.609. The number of ether oxygens (including phenoxy) is 1. The number of hydrogen-bond acceptors (Lipinski definition) is 3. The Balaban J connectivity index is 1.81. The maximum atomic E-state index is 5.75. The van der Waals surface area contributed by atoms with Crippen molar-refractivity contribution < 1.29 is 4.74 Å². The van der Waals surface area contributed by atoms with E-state index in [1.807, 2.05) is 54.6 Å². The quantitative estimate of drug-likeness (QED) is 0.734. The zero-order valence-corrected chi connectivity index (χ0v) is 12.3. The van der Waals surface area contributed by atoms with Gasteiger partial charge in [-0.3, -0.25) is 0 Å². The summed E-state index contributed by atoms with van der Waals surface area (Å²) in [6.07, 6.45) is 0. The van der Waals surface area contributed by atoms with Crippen molar-refractivity contribution in [1.29, 1.82) is 0 Å². The number of anilines is 1. The molecule has 0 fully saturated rings. The third kappa shape index (κ3) is 2.75. The Kier molecular flexibility index (Phi) is 3.56. The Labute approximate surface area is 125 Å². The van der Waals surface area contributed by atoms with Crippen LogP contribution in [-0.4, -0.2) is 4.98 Å². The predicted molar refractivity (Wildman–Crippen MR) is 84.6 cm³/mol. The lowest BCUT2D eigenvalue weighted by atomic mass is 10.2. The zero-order chi connectivity index (χ0) is 13.9. The average Bonchev–Trinajstić information content (AvgIpc) is 2.46. The molecule has 0 spiro atoms. The summed E-state index contributed by atoms with van der Waals surface area (Å²) >= 11 is 3.50. The Morgan fingerprint density at radius 1 is 1.05 bits per heavy atom. The summed E-state index contributed by atoms with van der Waals surface area (Å²) < 4.78 is 6.77. The molecule has 0 saturated carbocycles. The van der Waals surface area contributed by atoms with Crippen LogP contribution in [0, 0.1) is 0 Å². The number of fused-ring (bicyclic) bond motifs is 1. The third-order valence-electron chi connectivity index (χ3n) is 3.02. The van der Waals surface area contributed by atoms with Gasteiger partial charge in [-0.25, -0.2) is 4.98 Å². The van der Waals surface area contributed by atoms with Gasteiger partial charge in [-0.15, -0.1) is 0 Å². The average molecular weight is 329 g/mol. The molecular formula is C16H13BrN2O. The van der Waals surface area contributed by atoms with Crippen molar-refractivity contribution in [1.82, 2.24) is 4.98 Å². The molecule has 0 aliphatic heterocycles. The van der Waals surface area contributed by atoms with Crippen molar-refractivity contribution in [2.24, 2.45) is 0 Å². The minimum absolute atomic E-state index is 0.481. The first kappa shape index (κ1) is 12.9. The first-order chi connectivity index (χ1) is 9.72. The number of benzene rings is 2. The second-order valence-corrected chi connectivity index (χ2v) is 5.34. The normalized spacial score (nSPS) is 10.7. The van der Waals surface area contributed by atoms with Crippen LogP contribution in [0.15, 0.2) is 59.1 Å². The van der Waals surface area contributed by atoms with Gasteiger partial charge in [0.05, 0.1) is 5.52 Å². The molecule has 2 N–H and O–H groups in total.